The van der Waals surface area contributed by atoms with E-state index in [1.165, 1.54) is 5.56 Å². The first-order chi connectivity index (χ1) is 11.0. The van der Waals surface area contributed by atoms with Gasteiger partial charge in [0.05, 0.1) is 18.1 Å². The first-order valence-electron chi connectivity index (χ1n) is 7.86. The van der Waals surface area contributed by atoms with Crippen molar-refractivity contribution in [2.75, 3.05) is 26.4 Å². The van der Waals surface area contributed by atoms with Crippen molar-refractivity contribution in [2.45, 2.75) is 37.5 Å². The van der Waals surface area contributed by atoms with Crippen molar-refractivity contribution < 1.29 is 22.7 Å². The van der Waals surface area contributed by atoms with Gasteiger partial charge in [-0.05, 0) is 55.9 Å². The Labute approximate surface area is 137 Å². The van der Waals surface area contributed by atoms with Crippen molar-refractivity contribution in [2.24, 2.45) is 0 Å². The number of benzene rings is 1. The quantitative estimate of drug-likeness (QED) is 0.723. The van der Waals surface area contributed by atoms with Crippen LogP contribution in [0.4, 0.5) is 0 Å². The molecule has 0 unspecified atom stereocenters. The molecular weight excluding hydrogens is 318 g/mol. The summed E-state index contributed by atoms with van der Waals surface area (Å²) in [6.45, 7) is 2.75. The average molecular weight is 341 g/mol. The molecule has 0 aromatic heterocycles. The van der Waals surface area contributed by atoms with Gasteiger partial charge >= 0.3 is 0 Å². The Morgan fingerprint density at radius 1 is 1.13 bits per heavy atom. The molecule has 1 aromatic rings. The van der Waals surface area contributed by atoms with Crippen LogP contribution in [0.25, 0.3) is 0 Å². The smallest absolute Gasteiger partial charge is 0.264 e. The Bertz CT molecular complexity index is 642. The largest absolute Gasteiger partial charge is 0.379 e. The predicted molar refractivity (Wildman–Crippen MR) is 85.7 cm³/mol. The second-order valence-corrected chi connectivity index (χ2v) is 7.10. The number of carbonyl (C=O) groups is 1. The number of rotatable bonds is 8. The van der Waals surface area contributed by atoms with Crippen LogP contribution in [0.5, 0.6) is 0 Å². The van der Waals surface area contributed by atoms with Crippen molar-refractivity contribution in [3.63, 3.8) is 0 Å². The topological polar surface area (TPSA) is 81.7 Å². The number of amides is 1. The molecule has 0 bridgehead atoms. The number of sulfonamides is 1. The number of ether oxygens (including phenoxy) is 2. The summed E-state index contributed by atoms with van der Waals surface area (Å²) in [7, 11) is -3.85. The molecule has 23 heavy (non-hydrogen) atoms. The summed E-state index contributed by atoms with van der Waals surface area (Å²) in [4.78, 5) is 11.8. The third-order valence-corrected chi connectivity index (χ3v) is 5.06. The molecule has 1 aliphatic carbocycles. The predicted octanol–water partition coefficient (Wildman–Crippen LogP) is 1.42. The molecule has 1 aromatic carbocycles. The van der Waals surface area contributed by atoms with E-state index < -0.39 is 15.9 Å². The Hall–Kier alpha value is -1.44. The molecule has 0 saturated heterocycles. The Kier molecular flexibility index (Phi) is 6.56. The highest BCUT2D eigenvalue weighted by atomic mass is 32.2. The van der Waals surface area contributed by atoms with Gasteiger partial charge < -0.3 is 9.47 Å². The Balaban J connectivity index is 1.92. The maximum atomic E-state index is 12.3. The summed E-state index contributed by atoms with van der Waals surface area (Å²) in [5.74, 6) is -0.681. The summed E-state index contributed by atoms with van der Waals surface area (Å²) in [6, 6.07) is 5.06. The highest BCUT2D eigenvalue weighted by Crippen LogP contribution is 2.23. The van der Waals surface area contributed by atoms with Crippen molar-refractivity contribution in [3.8, 4) is 0 Å². The van der Waals surface area contributed by atoms with E-state index in [1.54, 1.807) is 12.1 Å². The minimum atomic E-state index is -3.85. The first kappa shape index (κ1) is 17.9. The van der Waals surface area contributed by atoms with Crippen molar-refractivity contribution in [3.05, 3.63) is 29.3 Å². The second kappa shape index (κ2) is 8.42. The van der Waals surface area contributed by atoms with Crippen LogP contribution in [0, 0.1) is 0 Å². The van der Waals surface area contributed by atoms with E-state index in [0.29, 0.717) is 13.2 Å². The van der Waals surface area contributed by atoms with Crippen LogP contribution in [-0.4, -0.2) is 40.8 Å². The summed E-state index contributed by atoms with van der Waals surface area (Å²) in [5, 5.41) is 0. The zero-order valence-corrected chi connectivity index (χ0v) is 14.2. The summed E-state index contributed by atoms with van der Waals surface area (Å²) in [6.07, 6.45) is 4.06. The zero-order valence-electron chi connectivity index (χ0n) is 13.3. The van der Waals surface area contributed by atoms with Crippen molar-refractivity contribution in [1.29, 1.82) is 0 Å². The average Bonchev–Trinajstić information content (AvgIpc) is 2.53. The monoisotopic (exact) mass is 341 g/mol. The lowest BCUT2D eigenvalue weighted by molar-refractivity contribution is -0.124. The molecule has 1 N–H and O–H groups in total. The van der Waals surface area contributed by atoms with E-state index in [4.69, 9.17) is 9.47 Å². The Morgan fingerprint density at radius 2 is 1.83 bits per heavy atom. The molecule has 6 nitrogen and oxygen atoms in total. The van der Waals surface area contributed by atoms with E-state index >= 15 is 0 Å². The van der Waals surface area contributed by atoms with E-state index in [-0.39, 0.29) is 18.1 Å². The van der Waals surface area contributed by atoms with Gasteiger partial charge in [0.25, 0.3) is 15.9 Å². The molecule has 0 aliphatic heterocycles. The third kappa shape index (κ3) is 5.30. The molecule has 0 saturated carbocycles. The molecule has 128 valence electrons. The molecule has 1 amide bonds. The van der Waals surface area contributed by atoms with E-state index in [1.807, 2.05) is 17.7 Å². The Morgan fingerprint density at radius 3 is 2.57 bits per heavy atom. The van der Waals surface area contributed by atoms with Gasteiger partial charge in [0.1, 0.15) is 6.61 Å². The lowest BCUT2D eigenvalue weighted by atomic mass is 9.92. The number of nitrogens with one attached hydrogen (secondary N) is 1. The highest BCUT2D eigenvalue weighted by Gasteiger charge is 2.20. The van der Waals surface area contributed by atoms with Gasteiger partial charge in [0, 0.05) is 6.61 Å². The molecule has 0 fully saturated rings. The fourth-order valence-corrected chi connectivity index (χ4v) is 3.56. The van der Waals surface area contributed by atoms with Gasteiger partial charge in [0.2, 0.25) is 0 Å². The van der Waals surface area contributed by atoms with Crippen molar-refractivity contribution >= 4 is 15.9 Å². The molecule has 1 aliphatic rings. The second-order valence-electron chi connectivity index (χ2n) is 5.42. The number of fused-ring (bicyclic) bond motifs is 1. The van der Waals surface area contributed by atoms with Gasteiger partial charge in [-0.25, -0.2) is 13.1 Å². The van der Waals surface area contributed by atoms with E-state index in [0.717, 1.165) is 31.2 Å². The summed E-state index contributed by atoms with van der Waals surface area (Å²) < 4.78 is 36.7. The van der Waals surface area contributed by atoms with Crippen LogP contribution < -0.4 is 4.72 Å². The van der Waals surface area contributed by atoms with Gasteiger partial charge in [-0.15, -0.1) is 0 Å². The summed E-state index contributed by atoms with van der Waals surface area (Å²) in [5.41, 5.74) is 2.25. The zero-order chi connectivity index (χ0) is 16.7. The molecule has 0 radical (unpaired) electrons. The number of hydrogen-bond donors (Lipinski definition) is 1. The first-order valence-corrected chi connectivity index (χ1v) is 9.34. The van der Waals surface area contributed by atoms with Crippen LogP contribution in [-0.2, 0) is 37.1 Å². The van der Waals surface area contributed by atoms with Crippen LogP contribution in [0.15, 0.2) is 23.1 Å². The van der Waals surface area contributed by atoms with E-state index in [2.05, 4.69) is 0 Å². The maximum Gasteiger partial charge on any atom is 0.264 e. The van der Waals surface area contributed by atoms with Crippen molar-refractivity contribution in [1.82, 2.24) is 4.72 Å². The van der Waals surface area contributed by atoms with Gasteiger partial charge in [-0.2, -0.15) is 0 Å². The third-order valence-electron chi connectivity index (χ3n) is 3.69. The lowest BCUT2D eigenvalue weighted by Gasteiger charge is -2.16. The standard InChI is InChI=1S/C16H23NO5S/c1-2-21-9-10-22-12-16(18)17-23(19,20)15-8-7-13-5-3-4-6-14(13)11-15/h7-8,11H,2-6,9-10,12H2,1H3,(H,17,18). The lowest BCUT2D eigenvalue weighted by Crippen LogP contribution is -2.34. The molecule has 0 heterocycles. The fourth-order valence-electron chi connectivity index (χ4n) is 2.54. The summed E-state index contributed by atoms with van der Waals surface area (Å²) >= 11 is 0. The normalized spacial score (nSPS) is 14.3. The number of hydrogen-bond acceptors (Lipinski definition) is 5. The molecule has 2 rings (SSSR count). The van der Waals surface area contributed by atoms with E-state index in [9.17, 15) is 13.2 Å². The molecule has 7 heteroatoms. The van der Waals surface area contributed by atoms with Crippen LogP contribution in [0.1, 0.15) is 30.9 Å². The minimum absolute atomic E-state index is 0.126. The molecule has 0 atom stereocenters. The van der Waals surface area contributed by atoms with Gasteiger partial charge in [-0.3, -0.25) is 4.79 Å². The van der Waals surface area contributed by atoms with Gasteiger partial charge in [-0.1, -0.05) is 6.07 Å². The van der Waals surface area contributed by atoms with Crippen LogP contribution in [0.3, 0.4) is 0 Å². The maximum absolute atomic E-state index is 12.3. The molecular formula is C16H23NO5S. The SMILES string of the molecule is CCOCCOCC(=O)NS(=O)(=O)c1ccc2c(c1)CCCC2. The van der Waals surface area contributed by atoms with Crippen LogP contribution in [0.2, 0.25) is 0 Å². The van der Waals surface area contributed by atoms with Gasteiger partial charge in [0.15, 0.2) is 0 Å². The number of carbonyl (C=O) groups excluding carboxylic acids is 1. The minimum Gasteiger partial charge on any atom is -0.379 e. The van der Waals surface area contributed by atoms with Crippen LogP contribution >= 0.6 is 0 Å². The highest BCUT2D eigenvalue weighted by molar-refractivity contribution is 7.90. The number of aryl methyl sites for hydroxylation is 2. The molecule has 0 spiro atoms. The fraction of sp³-hybridized carbons (Fsp3) is 0.562.